The fraction of sp³-hybridized carbons (Fsp3) is 0.926. The maximum Gasteiger partial charge on any atom is 0.429 e. The van der Waals surface area contributed by atoms with E-state index in [2.05, 4.69) is 9.47 Å². The summed E-state index contributed by atoms with van der Waals surface area (Å²) < 4.78 is 225. The molecule has 2 fully saturated rings. The van der Waals surface area contributed by atoms with E-state index in [4.69, 9.17) is 15.3 Å². The smallest absolute Gasteiger partial charge is 0.429 e. The van der Waals surface area contributed by atoms with Gasteiger partial charge in [0.1, 0.15) is 6.61 Å². The quantitative estimate of drug-likeness (QED) is 0.175. The second-order valence-corrected chi connectivity index (χ2v) is 11.5. The van der Waals surface area contributed by atoms with Gasteiger partial charge >= 0.3 is 49.0 Å². The van der Waals surface area contributed by atoms with Gasteiger partial charge in [-0.15, -0.1) is 0 Å². The average molecular weight is 815 g/mol. The Morgan fingerprint density at radius 1 is 0.558 bits per heavy atom. The van der Waals surface area contributed by atoms with E-state index in [-0.39, 0.29) is 17.8 Å². The van der Waals surface area contributed by atoms with E-state index in [1.165, 1.54) is 14.0 Å². The van der Waals surface area contributed by atoms with Crippen LogP contribution in [-0.4, -0.2) is 94.8 Å². The van der Waals surface area contributed by atoms with Gasteiger partial charge in [-0.05, 0) is 49.9 Å². The van der Waals surface area contributed by atoms with E-state index >= 15 is 0 Å². The number of hydrogen-bond acceptors (Lipinski definition) is 7. The first kappa shape index (κ1) is 51.7. The van der Waals surface area contributed by atoms with Crippen LogP contribution in [0.4, 0.5) is 79.0 Å². The van der Waals surface area contributed by atoms with Crippen molar-refractivity contribution in [3.8, 4) is 0 Å². The summed E-state index contributed by atoms with van der Waals surface area (Å²) in [5.74, 6) is -1.95. The molecule has 312 valence electrons. The monoisotopic (exact) mass is 814 g/mol. The van der Waals surface area contributed by atoms with E-state index in [9.17, 15) is 88.6 Å². The van der Waals surface area contributed by atoms with Crippen LogP contribution in [0.3, 0.4) is 0 Å². The van der Waals surface area contributed by atoms with Crippen molar-refractivity contribution in [3.05, 3.63) is 0 Å². The molecule has 52 heavy (non-hydrogen) atoms. The first-order chi connectivity index (χ1) is 22.9. The molecule has 2 aliphatic carbocycles. The third-order valence-electron chi connectivity index (χ3n) is 8.01. The first-order valence-electron chi connectivity index (χ1n) is 14.7. The predicted molar refractivity (Wildman–Crippen MR) is 139 cm³/mol. The molecule has 0 amide bonds. The summed E-state index contributed by atoms with van der Waals surface area (Å²) in [5.41, 5.74) is -14.2. The SMILES string of the molecule is CCC(=O)OC.CCC(=O)OCC(O)(C(F)(F)F)C(F)(F)F.CCC(O)(C(F)(F)F)C(F)(F)F.OC(CC1CC2CCC1C2)(C(F)(F)F)C(F)(F)F. The Morgan fingerprint density at radius 3 is 1.12 bits per heavy atom. The second kappa shape index (κ2) is 18.3. The molecule has 7 nitrogen and oxygen atoms in total. The number of hydrogen-bond donors (Lipinski definition) is 3. The van der Waals surface area contributed by atoms with Crippen LogP contribution < -0.4 is 0 Å². The number of ether oxygens (including phenoxy) is 2. The van der Waals surface area contributed by atoms with E-state index in [1.54, 1.807) is 6.92 Å². The highest BCUT2D eigenvalue weighted by Gasteiger charge is 2.72. The van der Waals surface area contributed by atoms with Crippen molar-refractivity contribution in [3.63, 3.8) is 0 Å². The summed E-state index contributed by atoms with van der Waals surface area (Å²) >= 11 is 0. The summed E-state index contributed by atoms with van der Waals surface area (Å²) in [6, 6.07) is 0. The van der Waals surface area contributed by atoms with E-state index in [0.717, 1.165) is 6.42 Å². The minimum absolute atomic E-state index is 0.0915. The van der Waals surface area contributed by atoms with Crippen LogP contribution >= 0.6 is 0 Å². The van der Waals surface area contributed by atoms with E-state index in [1.807, 2.05) is 0 Å². The lowest BCUT2D eigenvalue weighted by Crippen LogP contribution is -2.60. The maximum absolute atomic E-state index is 12.5. The van der Waals surface area contributed by atoms with Crippen molar-refractivity contribution in [2.75, 3.05) is 13.7 Å². The summed E-state index contributed by atoms with van der Waals surface area (Å²) in [5, 5.41) is 25.9. The largest absolute Gasteiger partial charge is 0.469 e. The highest BCUT2D eigenvalue weighted by atomic mass is 19.4. The summed E-state index contributed by atoms with van der Waals surface area (Å²) in [6.45, 7) is 1.35. The molecular weight excluding hydrogens is 778 g/mol. The number of methoxy groups -OCH3 is 1. The van der Waals surface area contributed by atoms with Gasteiger partial charge in [-0.2, -0.15) is 79.0 Å². The molecule has 0 aromatic rings. The van der Waals surface area contributed by atoms with Crippen LogP contribution in [0.15, 0.2) is 0 Å². The molecule has 2 rings (SSSR count). The van der Waals surface area contributed by atoms with Gasteiger partial charge in [-0.25, -0.2) is 0 Å². The molecule has 3 atom stereocenters. The zero-order valence-electron chi connectivity index (χ0n) is 27.4. The lowest BCUT2D eigenvalue weighted by molar-refractivity contribution is -0.375. The van der Waals surface area contributed by atoms with Crippen LogP contribution in [0.5, 0.6) is 0 Å². The Bertz CT molecular complexity index is 1060. The van der Waals surface area contributed by atoms with Gasteiger partial charge in [-0.1, -0.05) is 27.2 Å². The molecule has 0 aromatic carbocycles. The van der Waals surface area contributed by atoms with Crippen LogP contribution in [0, 0.1) is 17.8 Å². The molecular formula is C27H36F18O7. The first-order valence-corrected chi connectivity index (χ1v) is 14.7. The normalized spacial score (nSPS) is 20.1. The molecule has 3 N–H and O–H groups in total. The van der Waals surface area contributed by atoms with Crippen molar-refractivity contribution in [1.82, 2.24) is 0 Å². The van der Waals surface area contributed by atoms with Crippen molar-refractivity contribution < 1.29 is 113 Å². The summed E-state index contributed by atoms with van der Waals surface area (Å²) in [4.78, 5) is 20.4. The van der Waals surface area contributed by atoms with Crippen LogP contribution in [0.1, 0.15) is 72.1 Å². The molecule has 25 heteroatoms. The Labute approximate surface area is 283 Å². The zero-order valence-corrected chi connectivity index (χ0v) is 27.4. The standard InChI is InChI=1S/C11H14F6O.C7H8F6O3.C5H6F6O.C4H8O2/c12-10(13,14)9(18,11(15,16)17)5-8-4-6-1-2-7(8)3-6;1-2-4(14)16-3-5(15,6(8,9)10)7(11,12)13;1-2-3(12,4(6,7)8)5(9,10)11;1-3-4(5)6-2/h6-8,18H,1-5H2;15H,2-3H2,1H3;12H,2H2,1H3;3H2,1-2H3. The number of carbonyl (C=O) groups excluding carboxylic acids is 2. The molecule has 2 saturated carbocycles. The number of esters is 2. The maximum atomic E-state index is 12.5. The van der Waals surface area contributed by atoms with Gasteiger partial charge in [0.15, 0.2) is 0 Å². The van der Waals surface area contributed by atoms with E-state index < -0.39 is 91.6 Å². The van der Waals surface area contributed by atoms with Crippen molar-refractivity contribution >= 4 is 11.9 Å². The molecule has 0 aromatic heterocycles. The zero-order chi connectivity index (χ0) is 42.2. The summed E-state index contributed by atoms with van der Waals surface area (Å²) in [7, 11) is 1.38. The molecule has 0 radical (unpaired) electrons. The molecule has 0 spiro atoms. The van der Waals surface area contributed by atoms with Crippen LogP contribution in [0.25, 0.3) is 0 Å². The molecule has 0 aliphatic heterocycles. The highest BCUT2D eigenvalue weighted by Crippen LogP contribution is 2.55. The van der Waals surface area contributed by atoms with E-state index in [0.29, 0.717) is 32.6 Å². The Morgan fingerprint density at radius 2 is 0.923 bits per heavy atom. The minimum atomic E-state index is -5.97. The fourth-order valence-electron chi connectivity index (χ4n) is 4.72. The number of fused-ring (bicyclic) bond motifs is 2. The second-order valence-electron chi connectivity index (χ2n) is 11.5. The van der Waals surface area contributed by atoms with Crippen molar-refractivity contribution in [2.24, 2.45) is 17.8 Å². The molecule has 0 heterocycles. The lowest BCUT2D eigenvalue weighted by atomic mass is 9.79. The van der Waals surface area contributed by atoms with Gasteiger partial charge in [0.2, 0.25) is 0 Å². The van der Waals surface area contributed by atoms with Gasteiger partial charge in [-0.3, -0.25) is 9.59 Å². The van der Waals surface area contributed by atoms with Crippen LogP contribution in [0.2, 0.25) is 0 Å². The third-order valence-corrected chi connectivity index (χ3v) is 8.01. The van der Waals surface area contributed by atoms with Gasteiger partial charge in [0.25, 0.3) is 16.8 Å². The molecule has 2 aliphatic rings. The predicted octanol–water partition coefficient (Wildman–Crippen LogP) is 8.29. The average Bonchev–Trinajstić information content (AvgIpc) is 3.59. The third kappa shape index (κ3) is 13.1. The van der Waals surface area contributed by atoms with Crippen molar-refractivity contribution in [1.29, 1.82) is 0 Å². The fourth-order valence-corrected chi connectivity index (χ4v) is 4.72. The molecule has 2 bridgehead atoms. The summed E-state index contributed by atoms with van der Waals surface area (Å²) in [6.07, 6.45) is -34.6. The lowest BCUT2D eigenvalue weighted by Gasteiger charge is -2.36. The Balaban J connectivity index is 0. The van der Waals surface area contributed by atoms with Crippen molar-refractivity contribution in [2.45, 2.75) is 126 Å². The number of aliphatic hydroxyl groups is 3. The Hall–Kier alpha value is -2.44. The number of halogens is 18. The Kier molecular flexibility index (Phi) is 18.1. The molecule has 0 saturated heterocycles. The van der Waals surface area contributed by atoms with Gasteiger partial charge in [0.05, 0.1) is 7.11 Å². The highest BCUT2D eigenvalue weighted by molar-refractivity contribution is 5.69. The number of rotatable bonds is 7. The van der Waals surface area contributed by atoms with Gasteiger partial charge < -0.3 is 24.8 Å². The topological polar surface area (TPSA) is 113 Å². The number of carbonyl (C=O) groups is 2. The minimum Gasteiger partial charge on any atom is -0.469 e. The molecule has 3 unspecified atom stereocenters. The number of alkyl halides is 18. The van der Waals surface area contributed by atoms with Gasteiger partial charge in [0, 0.05) is 12.8 Å². The van der Waals surface area contributed by atoms with Crippen LogP contribution in [-0.2, 0) is 19.1 Å².